The summed E-state index contributed by atoms with van der Waals surface area (Å²) in [5.74, 6) is -1.38. The molecule has 1 N–H and O–H groups in total. The molecule has 0 spiro atoms. The molecular formula is C14H12F2N4. The van der Waals surface area contributed by atoms with Gasteiger partial charge in [-0.2, -0.15) is 5.26 Å². The van der Waals surface area contributed by atoms with Crippen molar-refractivity contribution in [2.75, 3.05) is 0 Å². The van der Waals surface area contributed by atoms with E-state index in [4.69, 9.17) is 5.26 Å². The molecule has 2 heterocycles. The van der Waals surface area contributed by atoms with Crippen LogP contribution in [0.3, 0.4) is 0 Å². The van der Waals surface area contributed by atoms with Gasteiger partial charge < -0.3 is 5.32 Å². The van der Waals surface area contributed by atoms with Crippen molar-refractivity contribution in [3.05, 3.63) is 59.2 Å². The van der Waals surface area contributed by atoms with Gasteiger partial charge in [-0.1, -0.05) is 0 Å². The predicted molar refractivity (Wildman–Crippen MR) is 68.4 cm³/mol. The fourth-order valence-corrected chi connectivity index (χ4v) is 1.69. The summed E-state index contributed by atoms with van der Waals surface area (Å²) in [6.07, 6.45) is 2.45. The molecule has 0 aliphatic heterocycles. The number of halogens is 2. The van der Waals surface area contributed by atoms with Gasteiger partial charge >= 0.3 is 0 Å². The maximum atomic E-state index is 13.5. The van der Waals surface area contributed by atoms with Crippen LogP contribution < -0.4 is 5.32 Å². The lowest BCUT2D eigenvalue weighted by molar-refractivity contribution is 0.497. The summed E-state index contributed by atoms with van der Waals surface area (Å²) in [4.78, 5) is 7.83. The van der Waals surface area contributed by atoms with E-state index < -0.39 is 11.6 Å². The first-order valence-corrected chi connectivity index (χ1v) is 5.99. The Morgan fingerprint density at radius 3 is 2.70 bits per heavy atom. The first kappa shape index (κ1) is 14.0. The summed E-state index contributed by atoms with van der Waals surface area (Å²) in [6.45, 7) is 2.12. The highest BCUT2D eigenvalue weighted by molar-refractivity contribution is 5.26. The largest absolute Gasteiger partial charge is 0.303 e. The van der Waals surface area contributed by atoms with Crippen LogP contribution in [0.5, 0.6) is 0 Å². The number of nitriles is 1. The van der Waals surface area contributed by atoms with Gasteiger partial charge in [0.1, 0.15) is 17.7 Å². The lowest BCUT2D eigenvalue weighted by Crippen LogP contribution is -2.21. The highest BCUT2D eigenvalue weighted by Gasteiger charge is 2.13. The van der Waals surface area contributed by atoms with E-state index in [0.29, 0.717) is 12.1 Å². The van der Waals surface area contributed by atoms with Gasteiger partial charge in [-0.15, -0.1) is 0 Å². The number of hydrogen-bond donors (Lipinski definition) is 1. The molecule has 20 heavy (non-hydrogen) atoms. The van der Waals surface area contributed by atoms with E-state index in [0.717, 1.165) is 18.0 Å². The molecule has 1 atom stereocenters. The zero-order valence-corrected chi connectivity index (χ0v) is 10.8. The Morgan fingerprint density at radius 2 is 2.10 bits per heavy atom. The third-order valence-corrected chi connectivity index (χ3v) is 2.79. The molecule has 0 saturated carbocycles. The van der Waals surface area contributed by atoms with Crippen molar-refractivity contribution in [2.24, 2.45) is 0 Å². The van der Waals surface area contributed by atoms with Crippen molar-refractivity contribution < 1.29 is 8.78 Å². The molecule has 2 aromatic heterocycles. The minimum Gasteiger partial charge on any atom is -0.303 e. The average molecular weight is 274 g/mol. The first-order valence-electron chi connectivity index (χ1n) is 5.99. The Kier molecular flexibility index (Phi) is 4.33. The molecule has 2 rings (SSSR count). The number of nitrogens with one attached hydrogen (secondary N) is 1. The Morgan fingerprint density at radius 1 is 1.30 bits per heavy atom. The maximum Gasteiger partial charge on any atom is 0.149 e. The predicted octanol–water partition coefficient (Wildman–Crippen LogP) is 2.48. The molecule has 0 radical (unpaired) electrons. The molecule has 0 amide bonds. The molecule has 0 bridgehead atoms. The molecule has 0 aromatic carbocycles. The molecule has 0 aliphatic rings. The topological polar surface area (TPSA) is 61.6 Å². The van der Waals surface area contributed by atoms with Crippen LogP contribution in [-0.2, 0) is 6.54 Å². The molecule has 0 aliphatic carbocycles. The average Bonchev–Trinajstić information content (AvgIpc) is 2.45. The van der Waals surface area contributed by atoms with Crippen LogP contribution >= 0.6 is 0 Å². The summed E-state index contributed by atoms with van der Waals surface area (Å²) in [5, 5.41) is 11.7. The molecule has 6 heteroatoms. The van der Waals surface area contributed by atoms with Gasteiger partial charge in [0.25, 0.3) is 0 Å². The summed E-state index contributed by atoms with van der Waals surface area (Å²) in [5.41, 5.74) is 1.35. The minimum atomic E-state index is -0.702. The zero-order chi connectivity index (χ0) is 14.5. The van der Waals surface area contributed by atoms with E-state index in [1.165, 1.54) is 6.20 Å². The van der Waals surface area contributed by atoms with Crippen molar-refractivity contribution in [2.45, 2.75) is 19.5 Å². The normalized spacial score (nSPS) is 11.9. The lowest BCUT2D eigenvalue weighted by Gasteiger charge is -2.13. The smallest absolute Gasteiger partial charge is 0.149 e. The number of aromatic nitrogens is 2. The fraction of sp³-hybridized carbons (Fsp3) is 0.214. The van der Waals surface area contributed by atoms with E-state index in [2.05, 4.69) is 15.3 Å². The highest BCUT2D eigenvalue weighted by atomic mass is 19.1. The van der Waals surface area contributed by atoms with E-state index in [9.17, 15) is 8.78 Å². The van der Waals surface area contributed by atoms with Crippen molar-refractivity contribution in [3.8, 4) is 6.07 Å². The Labute approximate surface area is 115 Å². The van der Waals surface area contributed by atoms with Gasteiger partial charge in [0, 0.05) is 24.8 Å². The maximum absolute atomic E-state index is 13.5. The van der Waals surface area contributed by atoms with Crippen LogP contribution in [0, 0.1) is 23.0 Å². The highest BCUT2D eigenvalue weighted by Crippen LogP contribution is 2.15. The van der Waals surface area contributed by atoms with Crippen LogP contribution in [-0.4, -0.2) is 9.97 Å². The first-order chi connectivity index (χ1) is 9.60. The Bertz CT molecular complexity index is 635. The quantitative estimate of drug-likeness (QED) is 0.930. The molecule has 2 aromatic rings. The molecular weight excluding hydrogens is 262 g/mol. The molecule has 102 valence electrons. The van der Waals surface area contributed by atoms with Gasteiger partial charge in [-0.05, 0) is 19.1 Å². The van der Waals surface area contributed by atoms with Gasteiger partial charge in [0.15, 0.2) is 0 Å². The van der Waals surface area contributed by atoms with Crippen LogP contribution in [0.1, 0.15) is 29.9 Å². The second-order valence-electron chi connectivity index (χ2n) is 4.27. The van der Waals surface area contributed by atoms with E-state index in [-0.39, 0.29) is 11.7 Å². The van der Waals surface area contributed by atoms with Crippen LogP contribution in [0.2, 0.25) is 0 Å². The van der Waals surface area contributed by atoms with Gasteiger partial charge in [0.05, 0.1) is 23.1 Å². The number of pyridine rings is 2. The van der Waals surface area contributed by atoms with E-state index in [1.54, 1.807) is 19.1 Å². The second kappa shape index (κ2) is 6.17. The molecule has 0 saturated heterocycles. The van der Waals surface area contributed by atoms with Gasteiger partial charge in [-0.25, -0.2) is 8.78 Å². The molecule has 0 fully saturated rings. The van der Waals surface area contributed by atoms with Crippen molar-refractivity contribution >= 4 is 0 Å². The fourth-order valence-electron chi connectivity index (χ4n) is 1.69. The number of hydrogen-bond acceptors (Lipinski definition) is 4. The van der Waals surface area contributed by atoms with E-state index in [1.807, 2.05) is 6.07 Å². The van der Waals surface area contributed by atoms with Crippen LogP contribution in [0.25, 0.3) is 0 Å². The minimum absolute atomic E-state index is 0.153. The Balaban J connectivity index is 2.01. The summed E-state index contributed by atoms with van der Waals surface area (Å²) in [6, 6.07) is 5.78. The summed E-state index contributed by atoms with van der Waals surface area (Å²) in [7, 11) is 0. The van der Waals surface area contributed by atoms with Crippen LogP contribution in [0.4, 0.5) is 8.78 Å². The second-order valence-corrected chi connectivity index (χ2v) is 4.27. The monoisotopic (exact) mass is 274 g/mol. The third-order valence-electron chi connectivity index (χ3n) is 2.79. The SMILES string of the molecule is C[C@@H](NCc1ccc(C#N)cn1)c1ncc(F)cc1F. The Hall–Kier alpha value is -2.39. The lowest BCUT2D eigenvalue weighted by atomic mass is 10.2. The third kappa shape index (κ3) is 3.33. The zero-order valence-electron chi connectivity index (χ0n) is 10.8. The molecule has 4 nitrogen and oxygen atoms in total. The van der Waals surface area contributed by atoms with Gasteiger partial charge in [0.2, 0.25) is 0 Å². The summed E-state index contributed by atoms with van der Waals surface area (Å²) < 4.78 is 26.3. The number of rotatable bonds is 4. The van der Waals surface area contributed by atoms with Gasteiger partial charge in [-0.3, -0.25) is 9.97 Å². The van der Waals surface area contributed by atoms with Crippen LogP contribution in [0.15, 0.2) is 30.6 Å². The summed E-state index contributed by atoms with van der Waals surface area (Å²) >= 11 is 0. The van der Waals surface area contributed by atoms with Crippen molar-refractivity contribution in [3.63, 3.8) is 0 Å². The number of nitrogens with zero attached hydrogens (tertiary/aromatic N) is 3. The molecule has 0 unspecified atom stereocenters. The van der Waals surface area contributed by atoms with Crippen molar-refractivity contribution in [1.29, 1.82) is 5.26 Å². The van der Waals surface area contributed by atoms with Crippen molar-refractivity contribution in [1.82, 2.24) is 15.3 Å². The standard InChI is InChI=1S/C14H12F2N4/c1-9(14-13(16)4-11(15)7-20-14)18-8-12-3-2-10(5-17)6-19-12/h2-4,6-7,9,18H,8H2,1H3/t9-/m1/s1. The van der Waals surface area contributed by atoms with E-state index >= 15 is 0 Å².